The van der Waals surface area contributed by atoms with Crippen LogP contribution in [0.5, 0.6) is 0 Å². The summed E-state index contributed by atoms with van der Waals surface area (Å²) in [5.74, 6) is -1.96. The lowest BCUT2D eigenvalue weighted by Crippen LogP contribution is -2.58. The van der Waals surface area contributed by atoms with Crippen molar-refractivity contribution in [2.75, 3.05) is 7.11 Å². The van der Waals surface area contributed by atoms with Crippen LogP contribution < -0.4 is 21.7 Å². The van der Waals surface area contributed by atoms with E-state index in [2.05, 4.69) is 25.9 Å². The number of halogens is 2. The number of amides is 3. The van der Waals surface area contributed by atoms with E-state index in [0.29, 0.717) is 18.5 Å². The van der Waals surface area contributed by atoms with Crippen molar-refractivity contribution in [3.05, 3.63) is 18.2 Å². The molecule has 0 bridgehead atoms. The van der Waals surface area contributed by atoms with Crippen molar-refractivity contribution in [2.24, 2.45) is 23.5 Å². The average molecular weight is 568 g/mol. The summed E-state index contributed by atoms with van der Waals surface area (Å²) in [4.78, 5) is 58.1. The van der Waals surface area contributed by atoms with Crippen molar-refractivity contribution in [1.82, 2.24) is 25.9 Å². The zero-order chi connectivity index (χ0) is 26.7. The van der Waals surface area contributed by atoms with Crippen LogP contribution in [0.4, 0.5) is 0 Å². The number of imidazole rings is 1. The van der Waals surface area contributed by atoms with Crippen LogP contribution in [-0.4, -0.2) is 64.9 Å². The van der Waals surface area contributed by atoms with Crippen molar-refractivity contribution in [3.63, 3.8) is 0 Å². The molecule has 1 rings (SSSR count). The maximum absolute atomic E-state index is 13.3. The summed E-state index contributed by atoms with van der Waals surface area (Å²) in [6.07, 6.45) is 3.90. The number of carbonyl (C=O) groups is 4. The molecule has 6 N–H and O–H groups in total. The lowest BCUT2D eigenvalue weighted by Gasteiger charge is -2.27. The van der Waals surface area contributed by atoms with Crippen LogP contribution >= 0.6 is 24.8 Å². The molecule has 0 aliphatic heterocycles. The lowest BCUT2D eigenvalue weighted by molar-refractivity contribution is -0.146. The van der Waals surface area contributed by atoms with Gasteiger partial charge in [0.15, 0.2) is 0 Å². The molecule has 0 saturated carbocycles. The van der Waals surface area contributed by atoms with Crippen LogP contribution in [0.25, 0.3) is 0 Å². The molecule has 0 fully saturated rings. The fraction of sp³-hybridized carbons (Fsp3) is 0.708. The topological polar surface area (TPSA) is 168 Å². The first-order valence-corrected chi connectivity index (χ1v) is 12.1. The molecule has 13 heteroatoms. The van der Waals surface area contributed by atoms with E-state index in [1.54, 1.807) is 6.20 Å². The molecule has 0 aromatic carbocycles. The van der Waals surface area contributed by atoms with Gasteiger partial charge in [0.2, 0.25) is 17.7 Å². The summed E-state index contributed by atoms with van der Waals surface area (Å²) in [6, 6.07) is -3.52. The summed E-state index contributed by atoms with van der Waals surface area (Å²) in [7, 11) is 1.26. The van der Waals surface area contributed by atoms with Gasteiger partial charge in [0.25, 0.3) is 0 Å². The predicted molar refractivity (Wildman–Crippen MR) is 146 cm³/mol. The van der Waals surface area contributed by atoms with Crippen LogP contribution in [0.3, 0.4) is 0 Å². The smallest absolute Gasteiger partial charge is 0.328 e. The summed E-state index contributed by atoms with van der Waals surface area (Å²) >= 11 is 0. The van der Waals surface area contributed by atoms with Gasteiger partial charge in [-0.2, -0.15) is 0 Å². The molecule has 11 nitrogen and oxygen atoms in total. The fourth-order valence-corrected chi connectivity index (χ4v) is 3.47. The minimum Gasteiger partial charge on any atom is -0.467 e. The Hall–Kier alpha value is -2.37. The highest BCUT2D eigenvalue weighted by Gasteiger charge is 2.32. The van der Waals surface area contributed by atoms with E-state index >= 15 is 0 Å². The molecular formula is C24H44Cl2N6O5. The van der Waals surface area contributed by atoms with Gasteiger partial charge in [-0.3, -0.25) is 14.4 Å². The Morgan fingerprint density at radius 1 is 0.865 bits per heavy atom. The number of H-pyrrole nitrogens is 1. The fourth-order valence-electron chi connectivity index (χ4n) is 3.47. The number of ether oxygens (including phenoxy) is 1. The van der Waals surface area contributed by atoms with Crippen LogP contribution in [-0.2, 0) is 30.3 Å². The molecule has 1 aromatic rings. The van der Waals surface area contributed by atoms with Gasteiger partial charge in [0.1, 0.15) is 18.1 Å². The second kappa shape index (κ2) is 18.0. The van der Waals surface area contributed by atoms with E-state index < -0.39 is 47.9 Å². The zero-order valence-corrected chi connectivity index (χ0v) is 24.3. The summed E-state index contributed by atoms with van der Waals surface area (Å²) in [5, 5.41) is 8.17. The molecule has 0 saturated heterocycles. The monoisotopic (exact) mass is 566 g/mol. The molecule has 1 aromatic heterocycles. The van der Waals surface area contributed by atoms with Gasteiger partial charge in [-0.25, -0.2) is 9.78 Å². The number of hydrogen-bond donors (Lipinski definition) is 5. The van der Waals surface area contributed by atoms with Crippen LogP contribution in [0.1, 0.15) is 60.1 Å². The van der Waals surface area contributed by atoms with Crippen molar-refractivity contribution >= 4 is 48.5 Å². The number of aromatic amines is 1. The maximum atomic E-state index is 13.3. The van der Waals surface area contributed by atoms with Gasteiger partial charge in [-0.1, -0.05) is 41.5 Å². The second-order valence-electron chi connectivity index (χ2n) is 10.0. The highest BCUT2D eigenvalue weighted by atomic mass is 35.5. The number of nitrogens with zero attached hydrogens (tertiary/aromatic N) is 1. The zero-order valence-electron chi connectivity index (χ0n) is 22.7. The number of carbonyl (C=O) groups excluding carboxylic acids is 4. The molecule has 3 amide bonds. The van der Waals surface area contributed by atoms with Gasteiger partial charge < -0.3 is 31.4 Å². The third-order valence-electron chi connectivity index (χ3n) is 5.48. The number of rotatable bonds is 14. The normalized spacial score (nSPS) is 14.0. The average Bonchev–Trinajstić information content (AvgIpc) is 3.28. The van der Waals surface area contributed by atoms with Crippen molar-refractivity contribution < 1.29 is 23.9 Å². The quantitative estimate of drug-likeness (QED) is 0.212. The van der Waals surface area contributed by atoms with Crippen LogP contribution in [0.2, 0.25) is 0 Å². The van der Waals surface area contributed by atoms with Gasteiger partial charge in [0.05, 0.1) is 19.5 Å². The molecule has 37 heavy (non-hydrogen) atoms. The number of hydrogen-bond acceptors (Lipinski definition) is 7. The van der Waals surface area contributed by atoms with E-state index in [4.69, 9.17) is 10.5 Å². The van der Waals surface area contributed by atoms with Crippen molar-refractivity contribution in [3.8, 4) is 0 Å². The molecule has 4 atom stereocenters. The Balaban J connectivity index is 0. The second-order valence-corrected chi connectivity index (χ2v) is 10.0. The predicted octanol–water partition coefficient (Wildman–Crippen LogP) is 1.50. The highest BCUT2D eigenvalue weighted by Crippen LogP contribution is 2.11. The van der Waals surface area contributed by atoms with E-state index in [-0.39, 0.29) is 49.0 Å². The molecule has 0 aliphatic carbocycles. The first kappa shape index (κ1) is 36.8. The molecular weight excluding hydrogens is 523 g/mol. The summed E-state index contributed by atoms with van der Waals surface area (Å²) < 4.78 is 4.83. The molecule has 0 unspecified atom stereocenters. The number of aromatic nitrogens is 2. The first-order valence-electron chi connectivity index (χ1n) is 12.1. The molecule has 1 heterocycles. The summed E-state index contributed by atoms with van der Waals surface area (Å²) in [6.45, 7) is 11.3. The number of esters is 1. The maximum Gasteiger partial charge on any atom is 0.328 e. The summed E-state index contributed by atoms with van der Waals surface area (Å²) in [5.41, 5.74) is 6.60. The van der Waals surface area contributed by atoms with Crippen LogP contribution in [0.15, 0.2) is 12.5 Å². The van der Waals surface area contributed by atoms with E-state index in [1.165, 1.54) is 13.4 Å². The van der Waals surface area contributed by atoms with Crippen molar-refractivity contribution in [1.29, 1.82) is 0 Å². The van der Waals surface area contributed by atoms with E-state index in [1.807, 2.05) is 41.5 Å². The van der Waals surface area contributed by atoms with Gasteiger partial charge in [-0.05, 0) is 30.6 Å². The third-order valence-corrected chi connectivity index (χ3v) is 5.48. The Kier molecular flexibility index (Phi) is 17.9. The third kappa shape index (κ3) is 13.1. The highest BCUT2D eigenvalue weighted by molar-refractivity contribution is 5.94. The van der Waals surface area contributed by atoms with Gasteiger partial charge in [-0.15, -0.1) is 24.8 Å². The van der Waals surface area contributed by atoms with Gasteiger partial charge >= 0.3 is 5.97 Å². The Morgan fingerprint density at radius 2 is 1.35 bits per heavy atom. The minimum atomic E-state index is -0.984. The number of nitrogens with one attached hydrogen (secondary N) is 4. The Bertz CT molecular complexity index is 836. The van der Waals surface area contributed by atoms with Gasteiger partial charge in [0, 0.05) is 18.3 Å². The Morgan fingerprint density at radius 3 is 1.81 bits per heavy atom. The standard InChI is InChI=1S/C24H42N6O5.2ClH/c1-13(2)8-17(21(31)30-19(9-14(3)4)24(34)35-7)28-22(32)18(10-16-11-26-12-27-16)29-23(33)20(25)15(5)6;;/h11-15,17-20H,8-10,25H2,1-7H3,(H,26,27)(H,28,32)(H,29,33)(H,30,31);2*1H/t17-,18-,19-,20-;;/m0../s1. The van der Waals surface area contributed by atoms with E-state index in [0.717, 1.165) is 0 Å². The van der Waals surface area contributed by atoms with E-state index in [9.17, 15) is 19.2 Å². The molecule has 0 spiro atoms. The SMILES string of the molecule is COC(=O)[C@H](CC(C)C)NC(=O)[C@H](CC(C)C)NC(=O)[C@H](Cc1cnc[nH]1)NC(=O)[C@@H](N)C(C)C.Cl.Cl. The molecule has 0 aliphatic rings. The lowest BCUT2D eigenvalue weighted by atomic mass is 9.99. The van der Waals surface area contributed by atoms with Crippen LogP contribution in [0, 0.1) is 17.8 Å². The number of methoxy groups -OCH3 is 1. The Labute approximate surface area is 232 Å². The molecule has 214 valence electrons. The minimum absolute atomic E-state index is 0. The largest absolute Gasteiger partial charge is 0.467 e. The number of nitrogens with two attached hydrogens (primary N) is 1. The van der Waals surface area contributed by atoms with Crippen molar-refractivity contribution in [2.45, 2.75) is 85.0 Å². The first-order chi connectivity index (χ1) is 16.3. The molecule has 0 radical (unpaired) electrons.